The largest absolute Gasteiger partial charge is 0.489 e. The maximum absolute atomic E-state index is 12.7. The molecule has 1 atom stereocenters. The van der Waals surface area contributed by atoms with Crippen LogP contribution in [0.1, 0.15) is 18.1 Å². The number of carbonyl (C=O) groups excluding carboxylic acids is 1. The summed E-state index contributed by atoms with van der Waals surface area (Å²) in [6.45, 7) is 4.37. The minimum atomic E-state index is 0.0917. The molecular weight excluding hydrogens is 382 g/mol. The van der Waals surface area contributed by atoms with Crippen LogP contribution in [0.25, 0.3) is 0 Å². The highest BCUT2D eigenvalue weighted by Gasteiger charge is 2.22. The van der Waals surface area contributed by atoms with Crippen molar-refractivity contribution in [2.45, 2.75) is 26.1 Å². The van der Waals surface area contributed by atoms with E-state index in [-0.39, 0.29) is 12.0 Å². The second-order valence-electron chi connectivity index (χ2n) is 6.22. The van der Waals surface area contributed by atoms with Gasteiger partial charge in [-0.05, 0) is 30.7 Å². The van der Waals surface area contributed by atoms with E-state index in [9.17, 15) is 4.79 Å². The summed E-state index contributed by atoms with van der Waals surface area (Å²) in [6, 6.07) is 15.8. The van der Waals surface area contributed by atoms with E-state index in [0.29, 0.717) is 32.7 Å². The first-order chi connectivity index (χ1) is 12.1. The summed E-state index contributed by atoms with van der Waals surface area (Å²) in [5.74, 6) is 0.861. The van der Waals surface area contributed by atoms with Gasteiger partial charge in [0.2, 0.25) is 5.91 Å². The average Bonchev–Trinajstić information content (AvgIpc) is 2.62. The molecule has 0 radical (unpaired) electrons. The molecule has 0 aromatic heterocycles. The molecule has 0 aliphatic carbocycles. The Balaban J connectivity index is 1.69. The van der Waals surface area contributed by atoms with Gasteiger partial charge in [-0.3, -0.25) is 4.79 Å². The number of morpholine rings is 1. The number of rotatable bonds is 5. The fourth-order valence-corrected chi connectivity index (χ4v) is 3.29. The monoisotopic (exact) mass is 403 g/mol. The SMILES string of the molecule is C[C@H]1CN(C(=O)Cc2cc(Br)ccc2OCc2ccccc2)CCO1. The van der Waals surface area contributed by atoms with Crippen molar-refractivity contribution in [3.05, 3.63) is 64.1 Å². The Morgan fingerprint density at radius 2 is 2.08 bits per heavy atom. The maximum Gasteiger partial charge on any atom is 0.227 e. The number of nitrogens with zero attached hydrogens (tertiary/aromatic N) is 1. The van der Waals surface area contributed by atoms with E-state index in [1.165, 1.54) is 0 Å². The highest BCUT2D eigenvalue weighted by atomic mass is 79.9. The van der Waals surface area contributed by atoms with E-state index >= 15 is 0 Å². The molecule has 0 bridgehead atoms. The Morgan fingerprint density at radius 3 is 2.84 bits per heavy atom. The summed E-state index contributed by atoms with van der Waals surface area (Å²) in [5, 5.41) is 0. The van der Waals surface area contributed by atoms with Crippen molar-refractivity contribution in [1.29, 1.82) is 0 Å². The first-order valence-electron chi connectivity index (χ1n) is 8.46. The quantitative estimate of drug-likeness (QED) is 0.761. The Morgan fingerprint density at radius 1 is 1.28 bits per heavy atom. The van der Waals surface area contributed by atoms with Crippen LogP contribution in [-0.2, 0) is 22.6 Å². The zero-order valence-electron chi connectivity index (χ0n) is 14.3. The summed E-state index contributed by atoms with van der Waals surface area (Å²) >= 11 is 3.49. The molecule has 132 valence electrons. The zero-order valence-corrected chi connectivity index (χ0v) is 15.9. The predicted octanol–water partition coefficient (Wildman–Crippen LogP) is 3.82. The molecule has 0 saturated carbocycles. The molecule has 0 N–H and O–H groups in total. The second kappa shape index (κ2) is 8.50. The molecule has 1 aliphatic rings. The van der Waals surface area contributed by atoms with Gasteiger partial charge in [-0.25, -0.2) is 0 Å². The molecule has 1 amide bonds. The zero-order chi connectivity index (χ0) is 17.6. The smallest absolute Gasteiger partial charge is 0.227 e. The van der Waals surface area contributed by atoms with E-state index < -0.39 is 0 Å². The van der Waals surface area contributed by atoms with Gasteiger partial charge >= 0.3 is 0 Å². The molecule has 3 rings (SSSR count). The lowest BCUT2D eigenvalue weighted by Gasteiger charge is -2.31. The number of benzene rings is 2. The molecule has 2 aromatic rings. The van der Waals surface area contributed by atoms with E-state index in [0.717, 1.165) is 21.3 Å². The van der Waals surface area contributed by atoms with Gasteiger partial charge in [0.15, 0.2) is 0 Å². The fourth-order valence-electron chi connectivity index (χ4n) is 2.88. The molecule has 25 heavy (non-hydrogen) atoms. The Hall–Kier alpha value is -1.85. The normalized spacial score (nSPS) is 17.4. The van der Waals surface area contributed by atoms with Crippen molar-refractivity contribution in [3.63, 3.8) is 0 Å². The lowest BCUT2D eigenvalue weighted by molar-refractivity contribution is -0.137. The van der Waals surface area contributed by atoms with Crippen LogP contribution in [0.15, 0.2) is 53.0 Å². The van der Waals surface area contributed by atoms with Crippen LogP contribution < -0.4 is 4.74 Å². The third-order valence-corrected chi connectivity index (χ3v) is 4.69. The molecule has 4 nitrogen and oxygen atoms in total. The van der Waals surface area contributed by atoms with Gasteiger partial charge in [0.25, 0.3) is 0 Å². The van der Waals surface area contributed by atoms with Gasteiger partial charge in [0.1, 0.15) is 12.4 Å². The molecule has 5 heteroatoms. The van der Waals surface area contributed by atoms with Crippen molar-refractivity contribution in [1.82, 2.24) is 4.90 Å². The standard InChI is InChI=1S/C20H22BrNO3/c1-15-13-22(9-10-24-15)20(23)12-17-11-18(21)7-8-19(17)25-14-16-5-3-2-4-6-16/h2-8,11,15H,9-10,12-14H2,1H3/t15-/m0/s1. The summed E-state index contributed by atoms with van der Waals surface area (Å²) in [6.07, 6.45) is 0.421. The van der Waals surface area contributed by atoms with Gasteiger partial charge in [-0.15, -0.1) is 0 Å². The van der Waals surface area contributed by atoms with Gasteiger partial charge in [0.05, 0.1) is 19.1 Å². The molecule has 1 fully saturated rings. The number of carbonyl (C=O) groups is 1. The van der Waals surface area contributed by atoms with Gasteiger partial charge in [-0.2, -0.15) is 0 Å². The lowest BCUT2D eigenvalue weighted by atomic mass is 10.1. The first-order valence-corrected chi connectivity index (χ1v) is 9.25. The number of hydrogen-bond acceptors (Lipinski definition) is 3. The van der Waals surface area contributed by atoms with Crippen molar-refractivity contribution in [2.75, 3.05) is 19.7 Å². The predicted molar refractivity (Wildman–Crippen MR) is 101 cm³/mol. The van der Waals surface area contributed by atoms with Crippen molar-refractivity contribution < 1.29 is 14.3 Å². The minimum absolute atomic E-state index is 0.0917. The first kappa shape index (κ1) is 18.0. The molecule has 1 aliphatic heterocycles. The molecule has 0 spiro atoms. The van der Waals surface area contributed by atoms with Gasteiger partial charge in [-0.1, -0.05) is 46.3 Å². The van der Waals surface area contributed by atoms with Crippen LogP contribution in [0.2, 0.25) is 0 Å². The van der Waals surface area contributed by atoms with Crippen LogP contribution >= 0.6 is 15.9 Å². The Labute approximate surface area is 156 Å². The van der Waals surface area contributed by atoms with Crippen LogP contribution in [0.4, 0.5) is 0 Å². The lowest BCUT2D eigenvalue weighted by Crippen LogP contribution is -2.45. The van der Waals surface area contributed by atoms with E-state index in [1.54, 1.807) is 0 Å². The maximum atomic E-state index is 12.7. The third kappa shape index (κ3) is 5.06. The fraction of sp³-hybridized carbons (Fsp3) is 0.350. The molecule has 0 unspecified atom stereocenters. The second-order valence-corrected chi connectivity index (χ2v) is 7.14. The highest BCUT2D eigenvalue weighted by Crippen LogP contribution is 2.25. The highest BCUT2D eigenvalue weighted by molar-refractivity contribution is 9.10. The van der Waals surface area contributed by atoms with Gasteiger partial charge < -0.3 is 14.4 Å². The number of hydrogen-bond donors (Lipinski definition) is 0. The Kier molecular flexibility index (Phi) is 6.10. The summed E-state index contributed by atoms with van der Waals surface area (Å²) in [5.41, 5.74) is 2.00. The van der Waals surface area contributed by atoms with Crippen LogP contribution in [0.3, 0.4) is 0 Å². The molecule has 1 saturated heterocycles. The van der Waals surface area contributed by atoms with Crippen LogP contribution in [0, 0.1) is 0 Å². The number of halogens is 1. The summed E-state index contributed by atoms with van der Waals surface area (Å²) in [4.78, 5) is 14.5. The van der Waals surface area contributed by atoms with Crippen LogP contribution in [0.5, 0.6) is 5.75 Å². The van der Waals surface area contributed by atoms with E-state index in [2.05, 4.69) is 15.9 Å². The summed E-state index contributed by atoms with van der Waals surface area (Å²) in [7, 11) is 0. The average molecular weight is 404 g/mol. The van der Waals surface area contributed by atoms with E-state index in [1.807, 2.05) is 60.4 Å². The topological polar surface area (TPSA) is 38.8 Å². The molecule has 1 heterocycles. The Bertz CT molecular complexity index is 720. The number of amides is 1. The van der Waals surface area contributed by atoms with Crippen molar-refractivity contribution in [3.8, 4) is 5.75 Å². The van der Waals surface area contributed by atoms with Crippen molar-refractivity contribution in [2.24, 2.45) is 0 Å². The number of ether oxygens (including phenoxy) is 2. The van der Waals surface area contributed by atoms with Gasteiger partial charge in [0, 0.05) is 23.1 Å². The molecular formula is C20H22BrNO3. The molecule has 2 aromatic carbocycles. The summed E-state index contributed by atoms with van der Waals surface area (Å²) < 4.78 is 12.4. The van der Waals surface area contributed by atoms with Crippen LogP contribution in [-0.4, -0.2) is 36.6 Å². The minimum Gasteiger partial charge on any atom is -0.489 e. The van der Waals surface area contributed by atoms with E-state index in [4.69, 9.17) is 9.47 Å². The van der Waals surface area contributed by atoms with Crippen molar-refractivity contribution >= 4 is 21.8 Å². The third-order valence-electron chi connectivity index (χ3n) is 4.20.